The molecule has 1 aliphatic heterocycles. The highest BCUT2D eigenvalue weighted by Crippen LogP contribution is 2.38. The molecule has 1 fully saturated rings. The summed E-state index contributed by atoms with van der Waals surface area (Å²) in [5, 5.41) is 2.87. The number of carbonyl (C=O) groups is 1. The first-order valence-electron chi connectivity index (χ1n) is 12.2. The van der Waals surface area contributed by atoms with Gasteiger partial charge >= 0.3 is 0 Å². The molecule has 36 heavy (non-hydrogen) atoms. The lowest BCUT2D eigenvalue weighted by Gasteiger charge is -2.14. The van der Waals surface area contributed by atoms with Gasteiger partial charge in [-0.1, -0.05) is 85.3 Å². The summed E-state index contributed by atoms with van der Waals surface area (Å²) in [6, 6.07) is 30.4. The Bertz CT molecular complexity index is 1440. The number of thioether (sulfide) groups is 1. The van der Waals surface area contributed by atoms with E-state index in [9.17, 15) is 4.79 Å². The second kappa shape index (κ2) is 10.8. The van der Waals surface area contributed by atoms with Crippen LogP contribution in [-0.2, 0) is 11.4 Å². The van der Waals surface area contributed by atoms with Gasteiger partial charge in [0.25, 0.3) is 5.91 Å². The van der Waals surface area contributed by atoms with Crippen molar-refractivity contribution in [3.63, 3.8) is 0 Å². The molecule has 4 aromatic rings. The van der Waals surface area contributed by atoms with Crippen molar-refractivity contribution in [2.45, 2.75) is 26.9 Å². The summed E-state index contributed by atoms with van der Waals surface area (Å²) in [6.07, 6.45) is 2.82. The molecular weight excluding hydrogens is 464 g/mol. The van der Waals surface area contributed by atoms with Crippen molar-refractivity contribution in [2.75, 3.05) is 6.54 Å². The molecule has 1 heterocycles. The topological polar surface area (TPSA) is 41.9 Å². The molecule has 5 heteroatoms. The first kappa shape index (κ1) is 23.9. The van der Waals surface area contributed by atoms with Crippen LogP contribution in [0, 0.1) is 6.92 Å². The van der Waals surface area contributed by atoms with Gasteiger partial charge in [0.05, 0.1) is 10.6 Å². The fourth-order valence-corrected chi connectivity index (χ4v) is 5.17. The van der Waals surface area contributed by atoms with E-state index >= 15 is 0 Å². The first-order chi connectivity index (χ1) is 17.6. The molecule has 4 nitrogen and oxygen atoms in total. The van der Waals surface area contributed by atoms with Crippen molar-refractivity contribution in [2.24, 2.45) is 4.99 Å². The molecule has 1 aliphatic rings. The Morgan fingerprint density at radius 1 is 0.917 bits per heavy atom. The number of fused-ring (bicyclic) bond motifs is 1. The summed E-state index contributed by atoms with van der Waals surface area (Å²) in [7, 11) is 0. The molecule has 1 amide bonds. The van der Waals surface area contributed by atoms with Gasteiger partial charge in [0.15, 0.2) is 5.17 Å². The Labute approximate surface area is 216 Å². The Hall–Kier alpha value is -3.83. The number of amides is 1. The highest BCUT2D eigenvalue weighted by atomic mass is 32.2. The minimum atomic E-state index is -0.0188. The Balaban J connectivity index is 1.54. The van der Waals surface area contributed by atoms with E-state index < -0.39 is 0 Å². The number of aryl methyl sites for hydroxylation is 1. The average Bonchev–Trinajstić information content (AvgIpc) is 3.19. The number of hydrogen-bond acceptors (Lipinski definition) is 4. The number of hydrogen-bond donors (Lipinski definition) is 0. The summed E-state index contributed by atoms with van der Waals surface area (Å²) < 4.78 is 6.28. The predicted octanol–water partition coefficient (Wildman–Crippen LogP) is 7.74. The monoisotopic (exact) mass is 492 g/mol. The summed E-state index contributed by atoms with van der Waals surface area (Å²) in [4.78, 5) is 20.7. The maximum Gasteiger partial charge on any atom is 0.266 e. The standard InChI is InChI=1S/C31H28N2O2S/c1-3-19-33-30(34)29(36-31(33)32-25-16-13-22(2)14-17-25)20-27-26-12-8-7-11-24(26)15-18-28(27)35-21-23-9-5-4-6-10-23/h4-18,20H,3,19,21H2,1-2H3/b29-20+,32-31?. The maximum absolute atomic E-state index is 13.5. The number of aliphatic imine (C=N–C) groups is 1. The van der Waals surface area contributed by atoms with Crippen LogP contribution in [0.15, 0.2) is 101 Å². The fourth-order valence-electron chi connectivity index (χ4n) is 4.16. The van der Waals surface area contributed by atoms with Crippen LogP contribution in [-0.4, -0.2) is 22.5 Å². The van der Waals surface area contributed by atoms with Crippen molar-refractivity contribution in [1.29, 1.82) is 0 Å². The predicted molar refractivity (Wildman–Crippen MR) is 151 cm³/mol. The van der Waals surface area contributed by atoms with Crippen molar-refractivity contribution in [3.05, 3.63) is 113 Å². The van der Waals surface area contributed by atoms with Gasteiger partial charge in [-0.2, -0.15) is 0 Å². The number of benzene rings is 4. The largest absolute Gasteiger partial charge is 0.488 e. The van der Waals surface area contributed by atoms with Crippen molar-refractivity contribution in [3.8, 4) is 5.75 Å². The number of amidine groups is 1. The van der Waals surface area contributed by atoms with Crippen molar-refractivity contribution < 1.29 is 9.53 Å². The zero-order valence-corrected chi connectivity index (χ0v) is 21.3. The molecule has 0 spiro atoms. The summed E-state index contributed by atoms with van der Waals surface area (Å²) in [5.41, 5.74) is 4.03. The lowest BCUT2D eigenvalue weighted by molar-refractivity contribution is -0.122. The van der Waals surface area contributed by atoms with Crippen LogP contribution in [0.25, 0.3) is 16.8 Å². The summed E-state index contributed by atoms with van der Waals surface area (Å²) in [5.74, 6) is 0.735. The molecule has 0 aliphatic carbocycles. The number of nitrogens with zero attached hydrogens (tertiary/aromatic N) is 2. The number of carbonyl (C=O) groups excluding carboxylic acids is 1. The van der Waals surface area contributed by atoms with Crippen LogP contribution in [0.5, 0.6) is 5.75 Å². The minimum absolute atomic E-state index is 0.0188. The second-order valence-corrected chi connectivity index (χ2v) is 9.78. The van der Waals surface area contributed by atoms with E-state index in [2.05, 4.69) is 32.0 Å². The molecule has 0 unspecified atom stereocenters. The third-order valence-corrected chi connectivity index (χ3v) is 7.04. The van der Waals surface area contributed by atoms with Gasteiger partial charge in [-0.05, 0) is 65.7 Å². The maximum atomic E-state index is 13.5. The second-order valence-electron chi connectivity index (χ2n) is 8.77. The van der Waals surface area contributed by atoms with Gasteiger partial charge in [0, 0.05) is 12.1 Å². The molecule has 5 rings (SSSR count). The van der Waals surface area contributed by atoms with E-state index in [4.69, 9.17) is 9.73 Å². The molecule has 0 bridgehead atoms. The van der Waals surface area contributed by atoms with Gasteiger partial charge in [0.1, 0.15) is 12.4 Å². The SMILES string of the molecule is CCCN1C(=O)/C(=C\c2c(OCc3ccccc3)ccc3ccccc23)SC1=Nc1ccc(C)cc1. The summed E-state index contributed by atoms with van der Waals surface area (Å²) in [6.45, 7) is 5.21. The van der Waals surface area contributed by atoms with Crippen LogP contribution in [0.1, 0.15) is 30.0 Å². The van der Waals surface area contributed by atoms with Crippen LogP contribution in [0.3, 0.4) is 0 Å². The van der Waals surface area contributed by atoms with Gasteiger partial charge in [0.2, 0.25) is 0 Å². The van der Waals surface area contributed by atoms with E-state index in [1.807, 2.05) is 78.9 Å². The molecule has 0 N–H and O–H groups in total. The zero-order chi connectivity index (χ0) is 24.9. The van der Waals surface area contributed by atoms with E-state index in [-0.39, 0.29) is 5.91 Å². The zero-order valence-electron chi connectivity index (χ0n) is 20.5. The molecule has 1 saturated heterocycles. The molecule has 0 aromatic heterocycles. The highest BCUT2D eigenvalue weighted by molar-refractivity contribution is 8.18. The molecule has 4 aromatic carbocycles. The van der Waals surface area contributed by atoms with Crippen LogP contribution in [0.4, 0.5) is 5.69 Å². The number of ether oxygens (including phenoxy) is 1. The van der Waals surface area contributed by atoms with E-state index in [0.717, 1.165) is 39.8 Å². The quantitative estimate of drug-likeness (QED) is 0.248. The van der Waals surface area contributed by atoms with E-state index in [1.165, 1.54) is 17.3 Å². The minimum Gasteiger partial charge on any atom is -0.488 e. The third kappa shape index (κ3) is 5.21. The van der Waals surface area contributed by atoms with Crippen LogP contribution < -0.4 is 4.74 Å². The molecule has 0 atom stereocenters. The normalized spacial score (nSPS) is 15.8. The van der Waals surface area contributed by atoms with Crippen LogP contribution >= 0.6 is 11.8 Å². The lowest BCUT2D eigenvalue weighted by Crippen LogP contribution is -2.29. The van der Waals surface area contributed by atoms with Crippen LogP contribution in [0.2, 0.25) is 0 Å². The van der Waals surface area contributed by atoms with E-state index in [0.29, 0.717) is 23.2 Å². The van der Waals surface area contributed by atoms with E-state index in [1.54, 1.807) is 4.90 Å². The van der Waals surface area contributed by atoms with Gasteiger partial charge < -0.3 is 4.74 Å². The first-order valence-corrected chi connectivity index (χ1v) is 13.0. The van der Waals surface area contributed by atoms with Gasteiger partial charge in [-0.3, -0.25) is 9.69 Å². The Kier molecular flexibility index (Phi) is 7.19. The average molecular weight is 493 g/mol. The molecule has 0 radical (unpaired) electrons. The molecule has 0 saturated carbocycles. The molecular formula is C31H28N2O2S. The van der Waals surface area contributed by atoms with Crippen molar-refractivity contribution >= 4 is 45.4 Å². The third-order valence-electron chi connectivity index (χ3n) is 6.04. The smallest absolute Gasteiger partial charge is 0.266 e. The van der Waals surface area contributed by atoms with Gasteiger partial charge in [-0.25, -0.2) is 4.99 Å². The van der Waals surface area contributed by atoms with Crippen molar-refractivity contribution in [1.82, 2.24) is 4.90 Å². The Morgan fingerprint density at radius 3 is 2.44 bits per heavy atom. The summed E-state index contributed by atoms with van der Waals surface area (Å²) >= 11 is 1.42. The molecule has 180 valence electrons. The fraction of sp³-hybridized carbons (Fsp3) is 0.161. The highest BCUT2D eigenvalue weighted by Gasteiger charge is 2.33. The Morgan fingerprint density at radius 2 is 1.67 bits per heavy atom. The lowest BCUT2D eigenvalue weighted by atomic mass is 10.0. The van der Waals surface area contributed by atoms with Gasteiger partial charge in [-0.15, -0.1) is 0 Å². The number of rotatable bonds is 7.